The van der Waals surface area contributed by atoms with E-state index < -0.39 is 0 Å². The molecule has 3 aromatic carbocycles. The van der Waals surface area contributed by atoms with Crippen molar-refractivity contribution in [2.45, 2.75) is 80.9 Å². The monoisotopic (exact) mass is 512 g/mol. The Labute approximate surface area is 220 Å². The molecule has 0 spiro atoms. The van der Waals surface area contributed by atoms with Crippen LogP contribution < -0.4 is 0 Å². The van der Waals surface area contributed by atoms with E-state index in [0.717, 1.165) is 5.56 Å². The standard InChI is InChI=1S/C10H12OS.2C10H14S/c1-8(2)12-10(11)9-6-4-3-5-7-9;2*1-8(2)11-10-6-4-9(3)5-7-10/h3-8H,1-2H3;2*4-8H,1-3H3. The highest BCUT2D eigenvalue weighted by Gasteiger charge is 2.07. The summed E-state index contributed by atoms with van der Waals surface area (Å²) in [5, 5.41) is 1.87. The van der Waals surface area contributed by atoms with Crippen LogP contribution in [0.25, 0.3) is 0 Å². The molecule has 3 rings (SSSR count). The van der Waals surface area contributed by atoms with E-state index in [1.54, 1.807) is 0 Å². The number of rotatable bonds is 6. The maximum absolute atomic E-state index is 11.4. The first-order valence-electron chi connectivity index (χ1n) is 11.8. The van der Waals surface area contributed by atoms with Crippen LogP contribution >= 0.6 is 35.3 Å². The van der Waals surface area contributed by atoms with Gasteiger partial charge >= 0.3 is 0 Å². The van der Waals surface area contributed by atoms with Gasteiger partial charge in [-0.3, -0.25) is 4.79 Å². The van der Waals surface area contributed by atoms with Gasteiger partial charge in [0.2, 0.25) is 5.12 Å². The summed E-state index contributed by atoms with van der Waals surface area (Å²) in [7, 11) is 0. The van der Waals surface area contributed by atoms with Crippen LogP contribution in [-0.4, -0.2) is 20.9 Å². The Morgan fingerprint density at radius 2 is 0.941 bits per heavy atom. The summed E-state index contributed by atoms with van der Waals surface area (Å²) < 4.78 is 0. The van der Waals surface area contributed by atoms with Gasteiger partial charge < -0.3 is 0 Å². The second kappa shape index (κ2) is 16.9. The van der Waals surface area contributed by atoms with Crippen LogP contribution in [0, 0.1) is 13.8 Å². The maximum Gasteiger partial charge on any atom is 0.219 e. The second-order valence-corrected chi connectivity index (χ2v) is 13.6. The zero-order chi connectivity index (χ0) is 25.5. The van der Waals surface area contributed by atoms with E-state index in [0.29, 0.717) is 15.7 Å². The van der Waals surface area contributed by atoms with Gasteiger partial charge in [0, 0.05) is 31.1 Å². The molecule has 0 heterocycles. The normalized spacial score (nSPS) is 10.4. The summed E-state index contributed by atoms with van der Waals surface area (Å²) in [4.78, 5) is 14.2. The SMILES string of the molecule is CC(C)SC(=O)c1ccccc1.Cc1ccc(SC(C)C)cc1.Cc1ccc(SC(C)C)cc1. The Kier molecular flexibility index (Phi) is 15.1. The van der Waals surface area contributed by atoms with Crippen LogP contribution in [0.5, 0.6) is 0 Å². The van der Waals surface area contributed by atoms with Crippen molar-refractivity contribution in [3.63, 3.8) is 0 Å². The van der Waals surface area contributed by atoms with Crippen LogP contribution in [0.15, 0.2) is 88.7 Å². The third kappa shape index (κ3) is 14.6. The van der Waals surface area contributed by atoms with Crippen LogP contribution in [0.2, 0.25) is 0 Å². The lowest BCUT2D eigenvalue weighted by Gasteiger charge is -2.03. The number of carbonyl (C=O) groups is 1. The predicted molar refractivity (Wildman–Crippen MR) is 158 cm³/mol. The van der Waals surface area contributed by atoms with Gasteiger partial charge in [0.25, 0.3) is 0 Å². The summed E-state index contributed by atoms with van der Waals surface area (Å²) in [6.45, 7) is 17.1. The van der Waals surface area contributed by atoms with Crippen LogP contribution in [-0.2, 0) is 0 Å². The number of aryl methyl sites for hydroxylation is 2. The van der Waals surface area contributed by atoms with Crippen LogP contribution in [0.3, 0.4) is 0 Å². The highest BCUT2D eigenvalue weighted by Crippen LogP contribution is 2.23. The number of hydrogen-bond donors (Lipinski definition) is 0. The quantitative estimate of drug-likeness (QED) is 0.305. The topological polar surface area (TPSA) is 17.1 Å². The minimum atomic E-state index is 0.158. The molecule has 0 N–H and O–H groups in total. The summed E-state index contributed by atoms with van der Waals surface area (Å²) in [5.74, 6) is 0. The largest absolute Gasteiger partial charge is 0.282 e. The van der Waals surface area contributed by atoms with E-state index >= 15 is 0 Å². The molecule has 0 saturated carbocycles. The lowest BCUT2D eigenvalue weighted by atomic mass is 10.2. The smallest absolute Gasteiger partial charge is 0.219 e. The summed E-state index contributed by atoms with van der Waals surface area (Å²) in [6, 6.07) is 26.7. The third-order valence-electron chi connectivity index (χ3n) is 4.14. The van der Waals surface area contributed by atoms with Gasteiger partial charge in [0.05, 0.1) is 0 Å². The van der Waals surface area contributed by atoms with Crippen molar-refractivity contribution in [3.8, 4) is 0 Å². The summed E-state index contributed by atoms with van der Waals surface area (Å²) in [5.41, 5.74) is 3.45. The highest BCUT2D eigenvalue weighted by molar-refractivity contribution is 8.14. The van der Waals surface area contributed by atoms with Crippen molar-refractivity contribution in [3.05, 3.63) is 95.6 Å². The molecule has 0 aromatic heterocycles. The van der Waals surface area contributed by atoms with E-state index in [-0.39, 0.29) is 5.12 Å². The van der Waals surface area contributed by atoms with Crippen molar-refractivity contribution in [1.29, 1.82) is 0 Å². The van der Waals surface area contributed by atoms with Gasteiger partial charge in [-0.25, -0.2) is 0 Å². The van der Waals surface area contributed by atoms with Gasteiger partial charge in [-0.15, -0.1) is 23.5 Å². The molecule has 4 heteroatoms. The molecule has 1 nitrogen and oxygen atoms in total. The Morgan fingerprint density at radius 1 is 0.559 bits per heavy atom. The van der Waals surface area contributed by atoms with E-state index in [1.807, 2.05) is 67.7 Å². The first-order chi connectivity index (χ1) is 16.1. The Hall–Kier alpha value is -1.62. The van der Waals surface area contributed by atoms with Crippen molar-refractivity contribution < 1.29 is 4.79 Å². The molecule has 0 fully saturated rings. The molecule has 0 aliphatic carbocycles. The Balaban J connectivity index is 0.000000255. The molecular weight excluding hydrogens is 473 g/mol. The molecule has 0 atom stereocenters. The van der Waals surface area contributed by atoms with E-state index in [4.69, 9.17) is 0 Å². The fourth-order valence-electron chi connectivity index (χ4n) is 2.63. The molecule has 0 radical (unpaired) electrons. The fraction of sp³-hybridized carbons (Fsp3) is 0.367. The molecule has 0 unspecified atom stereocenters. The van der Waals surface area contributed by atoms with Crippen molar-refractivity contribution in [2.75, 3.05) is 0 Å². The first-order valence-corrected chi connectivity index (χ1v) is 14.4. The number of thioether (sulfide) groups is 3. The second-order valence-electron chi connectivity index (χ2n) is 8.78. The third-order valence-corrected chi connectivity index (χ3v) is 7.09. The molecule has 34 heavy (non-hydrogen) atoms. The molecule has 0 bridgehead atoms. The summed E-state index contributed by atoms with van der Waals surface area (Å²) in [6.07, 6.45) is 0. The molecule has 3 aromatic rings. The zero-order valence-corrected chi connectivity index (χ0v) is 24.3. The van der Waals surface area contributed by atoms with E-state index in [9.17, 15) is 4.79 Å². The number of carbonyl (C=O) groups excluding carboxylic acids is 1. The van der Waals surface area contributed by atoms with Gasteiger partial charge in [-0.1, -0.05) is 119 Å². The molecule has 0 aliphatic heterocycles. The van der Waals surface area contributed by atoms with E-state index in [1.165, 1.54) is 32.7 Å². The van der Waals surface area contributed by atoms with Gasteiger partial charge in [-0.2, -0.15) is 0 Å². The maximum atomic E-state index is 11.4. The first kappa shape index (κ1) is 30.4. The Morgan fingerprint density at radius 3 is 1.26 bits per heavy atom. The van der Waals surface area contributed by atoms with Crippen molar-refractivity contribution >= 4 is 40.4 Å². The highest BCUT2D eigenvalue weighted by atomic mass is 32.2. The molecular formula is C30H40OS3. The molecule has 184 valence electrons. The molecule has 0 amide bonds. The number of hydrogen-bond acceptors (Lipinski definition) is 4. The zero-order valence-electron chi connectivity index (χ0n) is 21.9. The van der Waals surface area contributed by atoms with Gasteiger partial charge in [0.15, 0.2) is 0 Å². The fourth-order valence-corrected chi connectivity index (χ4v) is 5.01. The summed E-state index contributed by atoms with van der Waals surface area (Å²) >= 11 is 5.18. The Bertz CT molecular complexity index is 880. The van der Waals surface area contributed by atoms with E-state index in [2.05, 4.69) is 90.1 Å². The molecule has 0 saturated heterocycles. The van der Waals surface area contributed by atoms with Crippen molar-refractivity contribution in [1.82, 2.24) is 0 Å². The van der Waals surface area contributed by atoms with Crippen LogP contribution in [0.1, 0.15) is 63.0 Å². The lowest BCUT2D eigenvalue weighted by molar-refractivity contribution is 0.108. The minimum Gasteiger partial charge on any atom is -0.282 e. The number of benzene rings is 3. The average Bonchev–Trinajstić information content (AvgIpc) is 2.77. The predicted octanol–water partition coefficient (Wildman–Crippen LogP) is 9.96. The minimum absolute atomic E-state index is 0.158. The van der Waals surface area contributed by atoms with Crippen molar-refractivity contribution in [2.24, 2.45) is 0 Å². The average molecular weight is 513 g/mol. The van der Waals surface area contributed by atoms with Crippen LogP contribution in [0.4, 0.5) is 0 Å². The van der Waals surface area contributed by atoms with Gasteiger partial charge in [0.1, 0.15) is 0 Å². The van der Waals surface area contributed by atoms with Gasteiger partial charge in [-0.05, 0) is 38.1 Å². The molecule has 0 aliphatic rings. The lowest BCUT2D eigenvalue weighted by Crippen LogP contribution is -1.98.